The Morgan fingerprint density at radius 2 is 1.86 bits per heavy atom. The van der Waals surface area contributed by atoms with Crippen molar-refractivity contribution in [2.45, 2.75) is 20.3 Å². The fraction of sp³-hybridized carbons (Fsp3) is 0.278. The number of anilines is 1. The van der Waals surface area contributed by atoms with Crippen molar-refractivity contribution in [3.8, 4) is 0 Å². The molecule has 0 radical (unpaired) electrons. The molecule has 0 unspecified atom stereocenters. The van der Waals surface area contributed by atoms with E-state index in [2.05, 4.69) is 64.0 Å². The van der Waals surface area contributed by atoms with Gasteiger partial charge in [-0.3, -0.25) is 4.98 Å². The number of rotatable bonds is 5. The molecule has 0 amide bonds. The van der Waals surface area contributed by atoms with Gasteiger partial charge in [-0.05, 0) is 50.1 Å². The predicted molar refractivity (Wildman–Crippen MR) is 90.1 cm³/mol. The molecular formula is C18H20N4. The number of benzene rings is 1. The summed E-state index contributed by atoms with van der Waals surface area (Å²) in [6, 6.07) is 10.4. The average molecular weight is 292 g/mol. The summed E-state index contributed by atoms with van der Waals surface area (Å²) in [5, 5.41) is 1.12. The number of nitrogens with zero attached hydrogens (tertiary/aromatic N) is 4. The smallest absolute Gasteiger partial charge is 0.139 e. The first-order chi connectivity index (χ1) is 10.8. The number of hydrogen-bond acceptors (Lipinski definition) is 4. The maximum Gasteiger partial charge on any atom is 0.139 e. The van der Waals surface area contributed by atoms with Gasteiger partial charge in [0.15, 0.2) is 0 Å². The van der Waals surface area contributed by atoms with Crippen LogP contribution >= 0.6 is 0 Å². The lowest BCUT2D eigenvalue weighted by Gasteiger charge is -2.23. The SMILES string of the molecule is CCN(CCc1ccncc1)c1ncnc2ccc(C)cc12. The Kier molecular flexibility index (Phi) is 4.28. The Balaban J connectivity index is 1.88. The summed E-state index contributed by atoms with van der Waals surface area (Å²) in [6.45, 7) is 6.12. The van der Waals surface area contributed by atoms with Crippen LogP contribution in [0.1, 0.15) is 18.1 Å². The van der Waals surface area contributed by atoms with Gasteiger partial charge in [0.05, 0.1) is 5.52 Å². The van der Waals surface area contributed by atoms with Crippen LogP contribution in [-0.4, -0.2) is 28.0 Å². The predicted octanol–water partition coefficient (Wildman–Crippen LogP) is 3.40. The first kappa shape index (κ1) is 14.4. The van der Waals surface area contributed by atoms with Crippen LogP contribution in [0.5, 0.6) is 0 Å². The highest BCUT2D eigenvalue weighted by Crippen LogP contribution is 2.24. The average Bonchev–Trinajstić information content (AvgIpc) is 2.56. The normalized spacial score (nSPS) is 10.8. The van der Waals surface area contributed by atoms with Crippen molar-refractivity contribution >= 4 is 16.7 Å². The number of aromatic nitrogens is 3. The molecule has 4 nitrogen and oxygen atoms in total. The van der Waals surface area contributed by atoms with Gasteiger partial charge in [-0.15, -0.1) is 0 Å². The summed E-state index contributed by atoms with van der Waals surface area (Å²) in [6.07, 6.45) is 6.32. The molecule has 22 heavy (non-hydrogen) atoms. The minimum absolute atomic E-state index is 0.922. The molecule has 0 fully saturated rings. The summed E-state index contributed by atoms with van der Waals surface area (Å²) < 4.78 is 0. The summed E-state index contributed by atoms with van der Waals surface area (Å²) in [5.74, 6) is 1.02. The Bertz CT molecular complexity index is 755. The molecule has 0 spiro atoms. The molecular weight excluding hydrogens is 272 g/mol. The van der Waals surface area contributed by atoms with E-state index < -0.39 is 0 Å². The molecule has 112 valence electrons. The van der Waals surface area contributed by atoms with Crippen LogP contribution in [0.25, 0.3) is 10.9 Å². The van der Waals surface area contributed by atoms with Crippen LogP contribution < -0.4 is 4.90 Å². The van der Waals surface area contributed by atoms with Crippen molar-refractivity contribution in [1.82, 2.24) is 15.0 Å². The van der Waals surface area contributed by atoms with Crippen LogP contribution in [-0.2, 0) is 6.42 Å². The van der Waals surface area contributed by atoms with Gasteiger partial charge in [0.25, 0.3) is 0 Å². The number of pyridine rings is 1. The van der Waals surface area contributed by atoms with Gasteiger partial charge < -0.3 is 4.90 Å². The van der Waals surface area contributed by atoms with Crippen molar-refractivity contribution in [1.29, 1.82) is 0 Å². The quantitative estimate of drug-likeness (QED) is 0.723. The fourth-order valence-electron chi connectivity index (χ4n) is 2.64. The molecule has 2 heterocycles. The zero-order chi connectivity index (χ0) is 15.4. The molecule has 0 saturated carbocycles. The number of aryl methyl sites for hydroxylation is 1. The summed E-state index contributed by atoms with van der Waals surface area (Å²) >= 11 is 0. The Morgan fingerprint density at radius 1 is 1.05 bits per heavy atom. The zero-order valence-corrected chi connectivity index (χ0v) is 13.0. The first-order valence-electron chi connectivity index (χ1n) is 7.63. The van der Waals surface area contributed by atoms with Crippen molar-refractivity contribution < 1.29 is 0 Å². The monoisotopic (exact) mass is 292 g/mol. The van der Waals surface area contributed by atoms with E-state index in [0.29, 0.717) is 0 Å². The Hall–Kier alpha value is -2.49. The lowest BCUT2D eigenvalue weighted by Crippen LogP contribution is -2.26. The molecule has 0 N–H and O–H groups in total. The van der Waals surface area contributed by atoms with E-state index >= 15 is 0 Å². The van der Waals surface area contributed by atoms with E-state index in [1.165, 1.54) is 11.1 Å². The largest absolute Gasteiger partial charge is 0.356 e. The molecule has 3 rings (SSSR count). The molecule has 0 aliphatic rings. The minimum Gasteiger partial charge on any atom is -0.356 e. The molecule has 3 aromatic rings. The third-order valence-corrected chi connectivity index (χ3v) is 3.87. The van der Waals surface area contributed by atoms with Crippen molar-refractivity contribution in [2.75, 3.05) is 18.0 Å². The second-order valence-corrected chi connectivity index (χ2v) is 5.40. The minimum atomic E-state index is 0.922. The summed E-state index contributed by atoms with van der Waals surface area (Å²) in [7, 11) is 0. The third kappa shape index (κ3) is 3.06. The van der Waals surface area contributed by atoms with E-state index in [1.807, 2.05) is 12.4 Å². The van der Waals surface area contributed by atoms with Crippen LogP contribution in [0, 0.1) is 6.92 Å². The lowest BCUT2D eigenvalue weighted by atomic mass is 10.1. The highest BCUT2D eigenvalue weighted by atomic mass is 15.2. The van der Waals surface area contributed by atoms with Gasteiger partial charge in [-0.25, -0.2) is 9.97 Å². The van der Waals surface area contributed by atoms with E-state index in [0.717, 1.165) is 36.2 Å². The summed E-state index contributed by atoms with van der Waals surface area (Å²) in [4.78, 5) is 15.3. The van der Waals surface area contributed by atoms with Gasteiger partial charge in [0.2, 0.25) is 0 Å². The molecule has 0 aliphatic heterocycles. The van der Waals surface area contributed by atoms with E-state index in [9.17, 15) is 0 Å². The van der Waals surface area contributed by atoms with Crippen LogP contribution in [0.2, 0.25) is 0 Å². The third-order valence-electron chi connectivity index (χ3n) is 3.87. The van der Waals surface area contributed by atoms with Gasteiger partial charge >= 0.3 is 0 Å². The van der Waals surface area contributed by atoms with Gasteiger partial charge in [0, 0.05) is 30.9 Å². The number of likely N-dealkylation sites (N-methyl/N-ethyl adjacent to an activating group) is 1. The fourth-order valence-corrected chi connectivity index (χ4v) is 2.64. The number of hydrogen-bond donors (Lipinski definition) is 0. The second-order valence-electron chi connectivity index (χ2n) is 5.40. The zero-order valence-electron chi connectivity index (χ0n) is 13.0. The van der Waals surface area contributed by atoms with Crippen LogP contribution in [0.4, 0.5) is 5.82 Å². The second kappa shape index (κ2) is 6.52. The number of fused-ring (bicyclic) bond motifs is 1. The molecule has 0 saturated heterocycles. The standard InChI is InChI=1S/C18H20N4/c1-3-22(11-8-15-6-9-19-10-7-15)18-16-12-14(2)4-5-17(16)20-13-21-18/h4-7,9-10,12-13H,3,8,11H2,1-2H3. The molecule has 0 aliphatic carbocycles. The lowest BCUT2D eigenvalue weighted by molar-refractivity contribution is 0.796. The topological polar surface area (TPSA) is 41.9 Å². The van der Waals surface area contributed by atoms with E-state index in [-0.39, 0.29) is 0 Å². The molecule has 4 heteroatoms. The van der Waals surface area contributed by atoms with E-state index in [4.69, 9.17) is 0 Å². The van der Waals surface area contributed by atoms with Crippen molar-refractivity contribution in [2.24, 2.45) is 0 Å². The van der Waals surface area contributed by atoms with Crippen LogP contribution in [0.3, 0.4) is 0 Å². The molecule has 2 aromatic heterocycles. The molecule has 0 atom stereocenters. The van der Waals surface area contributed by atoms with Crippen LogP contribution in [0.15, 0.2) is 49.1 Å². The maximum absolute atomic E-state index is 4.53. The highest BCUT2D eigenvalue weighted by molar-refractivity contribution is 5.89. The van der Waals surface area contributed by atoms with Gasteiger partial charge in [-0.1, -0.05) is 11.6 Å². The molecule has 0 bridgehead atoms. The van der Waals surface area contributed by atoms with Crippen molar-refractivity contribution in [3.05, 3.63) is 60.2 Å². The van der Waals surface area contributed by atoms with Crippen molar-refractivity contribution in [3.63, 3.8) is 0 Å². The molecule has 1 aromatic carbocycles. The summed E-state index contributed by atoms with van der Waals surface area (Å²) in [5.41, 5.74) is 3.52. The first-order valence-corrected chi connectivity index (χ1v) is 7.63. The van der Waals surface area contributed by atoms with Gasteiger partial charge in [-0.2, -0.15) is 0 Å². The van der Waals surface area contributed by atoms with E-state index in [1.54, 1.807) is 6.33 Å². The maximum atomic E-state index is 4.53. The highest BCUT2D eigenvalue weighted by Gasteiger charge is 2.11. The Labute approximate surface area is 130 Å². The Morgan fingerprint density at radius 3 is 2.64 bits per heavy atom. The van der Waals surface area contributed by atoms with Gasteiger partial charge in [0.1, 0.15) is 12.1 Å².